The average molecular weight is 406 g/mol. The normalized spacial score (nSPS) is 23.1. The van der Waals surface area contributed by atoms with Crippen molar-refractivity contribution in [3.05, 3.63) is 29.6 Å². The molecule has 9 heteroatoms. The summed E-state index contributed by atoms with van der Waals surface area (Å²) >= 11 is 0. The Labute approximate surface area is 159 Å². The Morgan fingerprint density at radius 3 is 2.54 bits per heavy atom. The maximum Gasteiger partial charge on any atom is 0.256 e. The number of halogens is 2. The molecule has 1 saturated carbocycles. The van der Waals surface area contributed by atoms with Crippen molar-refractivity contribution in [3.63, 3.8) is 0 Å². The highest BCUT2D eigenvalue weighted by atomic mass is 35.5. The molecule has 6 nitrogen and oxygen atoms in total. The summed E-state index contributed by atoms with van der Waals surface area (Å²) in [6.07, 6.45) is 4.37. The van der Waals surface area contributed by atoms with Crippen LogP contribution in [0.3, 0.4) is 0 Å². The van der Waals surface area contributed by atoms with Crippen LogP contribution in [0.1, 0.15) is 42.5 Å². The van der Waals surface area contributed by atoms with Gasteiger partial charge in [0.1, 0.15) is 5.82 Å². The Morgan fingerprint density at radius 1 is 1.23 bits per heavy atom. The van der Waals surface area contributed by atoms with Crippen LogP contribution in [0, 0.1) is 11.7 Å². The molecule has 2 atom stereocenters. The number of benzene rings is 1. The van der Waals surface area contributed by atoms with Crippen LogP contribution in [-0.4, -0.2) is 44.9 Å². The second-order valence-corrected chi connectivity index (χ2v) is 8.51. The minimum Gasteiger partial charge on any atom is -0.339 e. The quantitative estimate of drug-likeness (QED) is 0.782. The molecule has 1 heterocycles. The third kappa shape index (κ3) is 4.36. The second-order valence-electron chi connectivity index (χ2n) is 6.80. The molecule has 146 valence electrons. The van der Waals surface area contributed by atoms with Crippen molar-refractivity contribution in [3.8, 4) is 0 Å². The minimum atomic E-state index is -3.84. The largest absolute Gasteiger partial charge is 0.339 e. The summed E-state index contributed by atoms with van der Waals surface area (Å²) < 4.78 is 42.1. The number of likely N-dealkylation sites (tertiary alicyclic amines) is 1. The van der Waals surface area contributed by atoms with Crippen LogP contribution < -0.4 is 10.5 Å². The highest BCUT2D eigenvalue weighted by Gasteiger charge is 2.31. The zero-order valence-electron chi connectivity index (χ0n) is 14.5. The zero-order chi connectivity index (χ0) is 18.0. The zero-order valence-corrected chi connectivity index (χ0v) is 16.1. The van der Waals surface area contributed by atoms with E-state index in [0.29, 0.717) is 19.6 Å². The van der Waals surface area contributed by atoms with E-state index in [9.17, 15) is 17.6 Å². The summed E-state index contributed by atoms with van der Waals surface area (Å²) in [5.41, 5.74) is 5.60. The predicted octanol–water partition coefficient (Wildman–Crippen LogP) is 1.89. The van der Waals surface area contributed by atoms with Crippen molar-refractivity contribution in [2.75, 3.05) is 19.6 Å². The van der Waals surface area contributed by atoms with Crippen LogP contribution in [0.5, 0.6) is 0 Å². The number of carbonyl (C=O) groups excluding carboxylic acids is 1. The van der Waals surface area contributed by atoms with Gasteiger partial charge in [-0.1, -0.05) is 6.42 Å². The molecular formula is C17H25ClFN3O3S. The van der Waals surface area contributed by atoms with Crippen molar-refractivity contribution in [2.45, 2.75) is 43.0 Å². The number of nitrogens with zero attached hydrogens (tertiary/aromatic N) is 1. The number of carbonyl (C=O) groups is 1. The van der Waals surface area contributed by atoms with E-state index in [2.05, 4.69) is 4.72 Å². The molecule has 3 N–H and O–H groups in total. The van der Waals surface area contributed by atoms with Crippen LogP contribution in [0.4, 0.5) is 4.39 Å². The van der Waals surface area contributed by atoms with E-state index >= 15 is 0 Å². The topological polar surface area (TPSA) is 92.5 Å². The Kier molecular flexibility index (Phi) is 7.01. The lowest BCUT2D eigenvalue weighted by Crippen LogP contribution is -2.39. The maximum absolute atomic E-state index is 14.4. The monoisotopic (exact) mass is 405 g/mol. The Bertz CT molecular complexity index is 754. The molecule has 3 rings (SSSR count). The first-order chi connectivity index (χ1) is 11.9. The lowest BCUT2D eigenvalue weighted by atomic mass is 10.1. The van der Waals surface area contributed by atoms with Gasteiger partial charge >= 0.3 is 0 Å². The fourth-order valence-electron chi connectivity index (χ4n) is 3.67. The first kappa shape index (κ1) is 21.1. The van der Waals surface area contributed by atoms with Crippen molar-refractivity contribution in [1.82, 2.24) is 9.62 Å². The van der Waals surface area contributed by atoms with E-state index in [1.807, 2.05) is 0 Å². The molecule has 0 aromatic heterocycles. The molecule has 2 unspecified atom stereocenters. The van der Waals surface area contributed by atoms with Crippen LogP contribution >= 0.6 is 12.4 Å². The second kappa shape index (κ2) is 8.65. The van der Waals surface area contributed by atoms with Gasteiger partial charge in [-0.25, -0.2) is 17.5 Å². The highest BCUT2D eigenvalue weighted by molar-refractivity contribution is 7.89. The van der Waals surface area contributed by atoms with E-state index in [-0.39, 0.29) is 40.7 Å². The summed E-state index contributed by atoms with van der Waals surface area (Å²) in [4.78, 5) is 13.7. The number of hydrogen-bond acceptors (Lipinski definition) is 4. The Hall–Kier alpha value is -1.22. The van der Waals surface area contributed by atoms with Gasteiger partial charge in [0.2, 0.25) is 10.0 Å². The fraction of sp³-hybridized carbons (Fsp3) is 0.588. The first-order valence-electron chi connectivity index (χ1n) is 8.73. The molecule has 2 fully saturated rings. The number of hydrogen-bond donors (Lipinski definition) is 2. The van der Waals surface area contributed by atoms with Crippen LogP contribution in [0.15, 0.2) is 23.1 Å². The maximum atomic E-state index is 14.4. The molecule has 2 aliphatic rings. The number of amides is 1. The lowest BCUT2D eigenvalue weighted by molar-refractivity contribution is 0.0788. The van der Waals surface area contributed by atoms with E-state index in [4.69, 9.17) is 5.73 Å². The van der Waals surface area contributed by atoms with Gasteiger partial charge in [0.25, 0.3) is 5.91 Å². The highest BCUT2D eigenvalue weighted by Crippen LogP contribution is 2.27. The van der Waals surface area contributed by atoms with Crippen molar-refractivity contribution in [1.29, 1.82) is 0 Å². The van der Waals surface area contributed by atoms with E-state index < -0.39 is 15.8 Å². The van der Waals surface area contributed by atoms with Crippen LogP contribution in [0.2, 0.25) is 0 Å². The van der Waals surface area contributed by atoms with E-state index in [1.54, 1.807) is 4.90 Å². The molecule has 0 spiro atoms. The standard InChI is InChI=1S/C17H24FN3O3S.ClH/c18-15-10-13(6-7-14(15)17(22)21-8-1-2-9-21)25(23,24)20-16-5-3-4-12(16)11-19;/h6-7,10,12,16,20H,1-5,8-9,11,19H2;1H. The van der Waals surface area contributed by atoms with Gasteiger partial charge in [-0.15, -0.1) is 12.4 Å². The molecule has 0 radical (unpaired) electrons. The van der Waals surface area contributed by atoms with Gasteiger partial charge in [0, 0.05) is 19.1 Å². The van der Waals surface area contributed by atoms with Crippen LogP contribution in [0.25, 0.3) is 0 Å². The summed E-state index contributed by atoms with van der Waals surface area (Å²) in [6, 6.07) is 3.27. The van der Waals surface area contributed by atoms with Gasteiger partial charge in [-0.05, 0) is 56.3 Å². The summed E-state index contributed by atoms with van der Waals surface area (Å²) in [6.45, 7) is 1.65. The Balaban J connectivity index is 0.00000243. The predicted molar refractivity (Wildman–Crippen MR) is 99.3 cm³/mol. The van der Waals surface area contributed by atoms with Gasteiger partial charge in [0.15, 0.2) is 0 Å². The molecule has 1 aromatic rings. The molecule has 1 saturated heterocycles. The number of rotatable bonds is 5. The summed E-state index contributed by atoms with van der Waals surface area (Å²) in [5, 5.41) is 0. The molecule has 1 amide bonds. The van der Waals surface area contributed by atoms with E-state index in [0.717, 1.165) is 38.2 Å². The summed E-state index contributed by atoms with van der Waals surface area (Å²) in [7, 11) is -3.84. The SMILES string of the molecule is Cl.NCC1CCCC1NS(=O)(=O)c1ccc(C(=O)N2CCCC2)c(F)c1. The van der Waals surface area contributed by atoms with Crippen molar-refractivity contribution in [2.24, 2.45) is 11.7 Å². The van der Waals surface area contributed by atoms with Gasteiger partial charge in [0.05, 0.1) is 10.5 Å². The first-order valence-corrected chi connectivity index (χ1v) is 10.2. The Morgan fingerprint density at radius 2 is 1.92 bits per heavy atom. The van der Waals surface area contributed by atoms with Crippen molar-refractivity contribution >= 4 is 28.3 Å². The fourth-order valence-corrected chi connectivity index (χ4v) is 5.02. The molecule has 1 aliphatic heterocycles. The van der Waals surface area contributed by atoms with E-state index in [1.165, 1.54) is 12.1 Å². The lowest BCUT2D eigenvalue weighted by Gasteiger charge is -2.20. The third-order valence-corrected chi connectivity index (χ3v) is 6.63. The minimum absolute atomic E-state index is 0. The molecule has 0 bridgehead atoms. The van der Waals surface area contributed by atoms with Crippen molar-refractivity contribution < 1.29 is 17.6 Å². The number of sulfonamides is 1. The summed E-state index contributed by atoms with van der Waals surface area (Å²) in [5.74, 6) is -1.08. The van der Waals surface area contributed by atoms with Gasteiger partial charge in [-0.3, -0.25) is 4.79 Å². The number of nitrogens with one attached hydrogen (secondary N) is 1. The molecule has 1 aromatic carbocycles. The van der Waals surface area contributed by atoms with Crippen LogP contribution in [-0.2, 0) is 10.0 Å². The number of nitrogens with two attached hydrogens (primary N) is 1. The molecule has 1 aliphatic carbocycles. The van der Waals surface area contributed by atoms with Gasteiger partial charge < -0.3 is 10.6 Å². The van der Waals surface area contributed by atoms with Gasteiger partial charge in [-0.2, -0.15) is 0 Å². The molecule has 26 heavy (non-hydrogen) atoms. The third-order valence-electron chi connectivity index (χ3n) is 5.14. The smallest absolute Gasteiger partial charge is 0.256 e. The molecular weight excluding hydrogens is 381 g/mol. The average Bonchev–Trinajstić information content (AvgIpc) is 3.25.